The maximum Gasteiger partial charge on any atom is 0.190 e. The Kier molecular flexibility index (Phi) is 3.60. The monoisotopic (exact) mass is 288 g/mol. The molecule has 5 atom stereocenters. The maximum absolute atomic E-state index is 6.01. The summed E-state index contributed by atoms with van der Waals surface area (Å²) >= 11 is 0. The summed E-state index contributed by atoms with van der Waals surface area (Å²) in [5.41, 5.74) is 0. The number of hydrogen-bond donors (Lipinski definition) is 0. The van der Waals surface area contributed by atoms with Gasteiger partial charge in [0, 0.05) is 6.61 Å². The molecule has 0 N–H and O–H groups in total. The molecule has 3 heterocycles. The molecule has 0 spiro atoms. The lowest BCUT2D eigenvalue weighted by Gasteiger charge is -2.37. The van der Waals surface area contributed by atoms with E-state index in [4.69, 9.17) is 28.4 Å². The smallest absolute Gasteiger partial charge is 0.190 e. The second kappa shape index (κ2) is 4.90. The van der Waals surface area contributed by atoms with Crippen molar-refractivity contribution >= 4 is 0 Å². The lowest BCUT2D eigenvalue weighted by atomic mass is 9.99. The fourth-order valence-electron chi connectivity index (χ4n) is 3.06. The van der Waals surface area contributed by atoms with Crippen LogP contribution in [0.1, 0.15) is 34.6 Å². The molecule has 0 saturated carbocycles. The van der Waals surface area contributed by atoms with E-state index in [-0.39, 0.29) is 24.4 Å². The van der Waals surface area contributed by atoms with Gasteiger partial charge in [-0.2, -0.15) is 0 Å². The molecule has 0 bridgehead atoms. The summed E-state index contributed by atoms with van der Waals surface area (Å²) in [6.07, 6.45) is -1.31. The van der Waals surface area contributed by atoms with E-state index in [1.807, 2.05) is 34.6 Å². The van der Waals surface area contributed by atoms with Crippen molar-refractivity contribution in [2.24, 2.45) is 0 Å². The van der Waals surface area contributed by atoms with E-state index in [1.165, 1.54) is 0 Å². The third kappa shape index (κ3) is 2.61. The second-order valence-electron chi connectivity index (χ2n) is 6.37. The van der Waals surface area contributed by atoms with Gasteiger partial charge in [0.2, 0.25) is 0 Å². The van der Waals surface area contributed by atoms with Crippen molar-refractivity contribution in [1.29, 1.82) is 0 Å². The third-order valence-electron chi connectivity index (χ3n) is 3.74. The molecule has 0 radical (unpaired) electrons. The van der Waals surface area contributed by atoms with E-state index >= 15 is 0 Å². The Bertz CT molecular complexity index is 369. The predicted octanol–water partition coefficient (Wildman–Crippen LogP) is 1.42. The van der Waals surface area contributed by atoms with Crippen molar-refractivity contribution in [3.05, 3.63) is 0 Å². The van der Waals surface area contributed by atoms with Gasteiger partial charge in [-0.3, -0.25) is 0 Å². The molecule has 3 aliphatic rings. The fraction of sp³-hybridized carbons (Fsp3) is 1.00. The van der Waals surface area contributed by atoms with Crippen molar-refractivity contribution in [1.82, 2.24) is 0 Å². The minimum Gasteiger partial charge on any atom is -0.379 e. The van der Waals surface area contributed by atoms with Gasteiger partial charge in [0.05, 0.1) is 6.61 Å². The summed E-state index contributed by atoms with van der Waals surface area (Å²) < 4.78 is 35.2. The molecule has 6 nitrogen and oxygen atoms in total. The van der Waals surface area contributed by atoms with Crippen molar-refractivity contribution < 1.29 is 28.4 Å². The first-order valence-electron chi connectivity index (χ1n) is 7.26. The summed E-state index contributed by atoms with van der Waals surface area (Å²) in [6, 6.07) is 0. The summed E-state index contributed by atoms with van der Waals surface area (Å²) in [5.74, 6) is -1.31. The zero-order valence-corrected chi connectivity index (χ0v) is 12.8. The fourth-order valence-corrected chi connectivity index (χ4v) is 3.06. The van der Waals surface area contributed by atoms with Gasteiger partial charge in [0.1, 0.15) is 24.4 Å². The van der Waals surface area contributed by atoms with E-state index < -0.39 is 17.9 Å². The normalized spacial score (nSPS) is 45.1. The first kappa shape index (κ1) is 14.7. The SMILES string of the molecule is CCOC[C@@H]1O[C@H]2OC(C)(C)O[C@@H]2[C@H]2OC(C)(C)O[C@@H]21. The Labute approximate surface area is 119 Å². The van der Waals surface area contributed by atoms with Crippen LogP contribution in [0.25, 0.3) is 0 Å². The molecule has 0 amide bonds. The molecule has 0 aromatic rings. The molecule has 20 heavy (non-hydrogen) atoms. The molecule has 116 valence electrons. The van der Waals surface area contributed by atoms with Crippen LogP contribution in [0.5, 0.6) is 0 Å². The average Bonchev–Trinajstić information content (AvgIpc) is 2.80. The second-order valence-corrected chi connectivity index (χ2v) is 6.37. The van der Waals surface area contributed by atoms with Crippen LogP contribution < -0.4 is 0 Å². The molecule has 6 heteroatoms. The van der Waals surface area contributed by atoms with E-state index in [0.29, 0.717) is 13.2 Å². The highest BCUT2D eigenvalue weighted by Gasteiger charge is 2.60. The lowest BCUT2D eigenvalue weighted by molar-refractivity contribution is -0.242. The topological polar surface area (TPSA) is 55.4 Å². The quantitative estimate of drug-likeness (QED) is 0.783. The summed E-state index contributed by atoms with van der Waals surface area (Å²) in [7, 11) is 0. The molecule has 0 aromatic heterocycles. The minimum absolute atomic E-state index is 0.198. The molecular formula is C14H24O6. The van der Waals surface area contributed by atoms with Crippen LogP contribution in [0.4, 0.5) is 0 Å². The number of fused-ring (bicyclic) bond motifs is 3. The minimum atomic E-state index is -0.670. The highest BCUT2D eigenvalue weighted by atomic mass is 16.9. The number of ether oxygens (including phenoxy) is 6. The Morgan fingerprint density at radius 2 is 1.45 bits per heavy atom. The Morgan fingerprint density at radius 1 is 0.850 bits per heavy atom. The predicted molar refractivity (Wildman–Crippen MR) is 69.0 cm³/mol. The van der Waals surface area contributed by atoms with Crippen molar-refractivity contribution in [3.8, 4) is 0 Å². The number of hydrogen-bond acceptors (Lipinski definition) is 6. The molecule has 0 aliphatic carbocycles. The van der Waals surface area contributed by atoms with Crippen LogP contribution in [-0.4, -0.2) is 55.5 Å². The largest absolute Gasteiger partial charge is 0.379 e. The first-order chi connectivity index (χ1) is 9.31. The highest BCUT2D eigenvalue weighted by Crippen LogP contribution is 2.44. The lowest BCUT2D eigenvalue weighted by Crippen LogP contribution is -2.56. The van der Waals surface area contributed by atoms with E-state index in [1.54, 1.807) is 0 Å². The van der Waals surface area contributed by atoms with Gasteiger partial charge in [-0.05, 0) is 34.6 Å². The standard InChI is InChI=1S/C14H24O6/c1-6-15-7-8-9-10(18-13(2,3)17-9)11-12(16-8)20-14(4,5)19-11/h8-12H,6-7H2,1-5H3/t8-,9+,10-,11+,12-/m0/s1. The Morgan fingerprint density at radius 3 is 2.15 bits per heavy atom. The summed E-state index contributed by atoms with van der Waals surface area (Å²) in [6.45, 7) is 10.6. The van der Waals surface area contributed by atoms with Crippen molar-refractivity contribution in [2.45, 2.75) is 76.9 Å². The maximum atomic E-state index is 6.01. The van der Waals surface area contributed by atoms with Gasteiger partial charge in [-0.1, -0.05) is 0 Å². The van der Waals surface area contributed by atoms with Gasteiger partial charge in [-0.15, -0.1) is 0 Å². The molecule has 0 aromatic carbocycles. The molecule has 3 saturated heterocycles. The highest BCUT2D eigenvalue weighted by molar-refractivity contribution is 4.99. The van der Waals surface area contributed by atoms with Crippen LogP contribution in [0.2, 0.25) is 0 Å². The average molecular weight is 288 g/mol. The van der Waals surface area contributed by atoms with E-state index in [9.17, 15) is 0 Å². The summed E-state index contributed by atoms with van der Waals surface area (Å²) in [4.78, 5) is 0. The first-order valence-corrected chi connectivity index (χ1v) is 7.26. The van der Waals surface area contributed by atoms with Gasteiger partial charge >= 0.3 is 0 Å². The number of rotatable bonds is 3. The molecular weight excluding hydrogens is 264 g/mol. The third-order valence-corrected chi connectivity index (χ3v) is 3.74. The van der Waals surface area contributed by atoms with E-state index in [0.717, 1.165) is 0 Å². The van der Waals surface area contributed by atoms with Gasteiger partial charge < -0.3 is 28.4 Å². The van der Waals surface area contributed by atoms with Crippen molar-refractivity contribution in [3.63, 3.8) is 0 Å². The van der Waals surface area contributed by atoms with Crippen LogP contribution in [0, 0.1) is 0 Å². The van der Waals surface area contributed by atoms with Crippen LogP contribution >= 0.6 is 0 Å². The van der Waals surface area contributed by atoms with Crippen LogP contribution in [-0.2, 0) is 28.4 Å². The zero-order valence-electron chi connectivity index (χ0n) is 12.8. The molecule has 0 unspecified atom stereocenters. The van der Waals surface area contributed by atoms with Gasteiger partial charge in [0.25, 0.3) is 0 Å². The molecule has 3 aliphatic heterocycles. The van der Waals surface area contributed by atoms with E-state index in [2.05, 4.69) is 0 Å². The van der Waals surface area contributed by atoms with Gasteiger partial charge in [-0.25, -0.2) is 0 Å². The van der Waals surface area contributed by atoms with Gasteiger partial charge in [0.15, 0.2) is 17.9 Å². The molecule has 3 rings (SSSR count). The Balaban J connectivity index is 1.80. The summed E-state index contributed by atoms with van der Waals surface area (Å²) in [5, 5.41) is 0. The zero-order chi connectivity index (χ0) is 14.5. The van der Waals surface area contributed by atoms with Crippen LogP contribution in [0.15, 0.2) is 0 Å². The van der Waals surface area contributed by atoms with Crippen molar-refractivity contribution in [2.75, 3.05) is 13.2 Å². The van der Waals surface area contributed by atoms with Crippen LogP contribution in [0.3, 0.4) is 0 Å². The molecule has 3 fully saturated rings. The Hall–Kier alpha value is -0.240.